The van der Waals surface area contributed by atoms with E-state index in [2.05, 4.69) is 11.9 Å². The standard InChI is InChI=1S/C30H30N4O5/c1-5-16-33(29(36)22-12-9-13-24(17-22)37-2)20-28(35)32-30-31-25(21-10-7-6-8-11-21)19-34(30)23-14-15-26(38-3)27(18-23)39-4/h5-15,17-19H,1,16,20H2,2-4H3,(H,31,32,35). The van der Waals surface area contributed by atoms with E-state index in [4.69, 9.17) is 19.2 Å². The molecular formula is C30H30N4O5. The summed E-state index contributed by atoms with van der Waals surface area (Å²) in [6, 6.07) is 21.8. The number of anilines is 1. The second-order valence-corrected chi connectivity index (χ2v) is 8.48. The molecule has 0 saturated heterocycles. The Labute approximate surface area is 227 Å². The molecule has 4 aromatic rings. The third-order valence-corrected chi connectivity index (χ3v) is 5.96. The highest BCUT2D eigenvalue weighted by atomic mass is 16.5. The lowest BCUT2D eigenvalue weighted by molar-refractivity contribution is -0.116. The number of imidazole rings is 1. The summed E-state index contributed by atoms with van der Waals surface area (Å²) in [5.41, 5.74) is 2.65. The van der Waals surface area contributed by atoms with E-state index in [9.17, 15) is 9.59 Å². The molecule has 0 spiro atoms. The number of rotatable bonds is 11. The lowest BCUT2D eigenvalue weighted by atomic mass is 10.2. The molecule has 0 aliphatic carbocycles. The number of carbonyl (C=O) groups excluding carboxylic acids is 2. The number of ether oxygens (including phenoxy) is 3. The van der Waals surface area contributed by atoms with Gasteiger partial charge in [-0.15, -0.1) is 6.58 Å². The van der Waals surface area contributed by atoms with Gasteiger partial charge in [-0.1, -0.05) is 42.5 Å². The Balaban J connectivity index is 1.64. The van der Waals surface area contributed by atoms with Crippen molar-refractivity contribution in [3.05, 3.63) is 97.2 Å². The summed E-state index contributed by atoms with van der Waals surface area (Å²) in [6.45, 7) is 3.71. The van der Waals surface area contributed by atoms with Gasteiger partial charge in [-0.25, -0.2) is 4.98 Å². The number of hydrogen-bond donors (Lipinski definition) is 1. The Hall–Kier alpha value is -5.05. The zero-order valence-corrected chi connectivity index (χ0v) is 22.1. The van der Waals surface area contributed by atoms with E-state index < -0.39 is 5.91 Å². The van der Waals surface area contributed by atoms with Crippen molar-refractivity contribution in [1.82, 2.24) is 14.5 Å². The second-order valence-electron chi connectivity index (χ2n) is 8.48. The van der Waals surface area contributed by atoms with Crippen LogP contribution in [-0.4, -0.2) is 60.7 Å². The van der Waals surface area contributed by atoms with Crippen molar-refractivity contribution in [1.29, 1.82) is 0 Å². The van der Waals surface area contributed by atoms with Gasteiger partial charge in [0.05, 0.1) is 32.7 Å². The minimum Gasteiger partial charge on any atom is -0.497 e. The van der Waals surface area contributed by atoms with Crippen molar-refractivity contribution in [2.75, 3.05) is 39.7 Å². The van der Waals surface area contributed by atoms with Crippen molar-refractivity contribution in [2.45, 2.75) is 0 Å². The molecule has 9 nitrogen and oxygen atoms in total. The topological polar surface area (TPSA) is 94.9 Å². The van der Waals surface area contributed by atoms with E-state index >= 15 is 0 Å². The summed E-state index contributed by atoms with van der Waals surface area (Å²) in [4.78, 5) is 32.5. The number of aromatic nitrogens is 2. The summed E-state index contributed by atoms with van der Waals surface area (Å²) in [5, 5.41) is 2.87. The number of benzene rings is 3. The molecule has 0 atom stereocenters. The van der Waals surface area contributed by atoms with E-state index in [1.165, 1.54) is 12.0 Å². The van der Waals surface area contributed by atoms with Gasteiger partial charge in [0.2, 0.25) is 11.9 Å². The number of nitrogens with one attached hydrogen (secondary N) is 1. The van der Waals surface area contributed by atoms with Crippen LogP contribution >= 0.6 is 0 Å². The molecule has 0 aliphatic rings. The van der Waals surface area contributed by atoms with Crippen LogP contribution in [0.25, 0.3) is 16.9 Å². The first-order chi connectivity index (χ1) is 19.0. The maximum atomic E-state index is 13.2. The highest BCUT2D eigenvalue weighted by molar-refractivity contribution is 5.99. The van der Waals surface area contributed by atoms with E-state index in [0.717, 1.165) is 5.56 Å². The fraction of sp³-hybridized carbons (Fsp3) is 0.167. The van der Waals surface area contributed by atoms with Gasteiger partial charge in [-0.3, -0.25) is 19.5 Å². The zero-order valence-electron chi connectivity index (χ0n) is 22.1. The summed E-state index contributed by atoms with van der Waals surface area (Å²) in [7, 11) is 4.65. The van der Waals surface area contributed by atoms with E-state index in [0.29, 0.717) is 40.1 Å². The first-order valence-electron chi connectivity index (χ1n) is 12.2. The summed E-state index contributed by atoms with van der Waals surface area (Å²) < 4.78 is 17.8. The minimum atomic E-state index is -0.417. The zero-order chi connectivity index (χ0) is 27.8. The van der Waals surface area contributed by atoms with E-state index in [1.807, 2.05) is 42.6 Å². The van der Waals surface area contributed by atoms with Gasteiger partial charge in [0.1, 0.15) is 12.3 Å². The Morgan fingerprint density at radius 3 is 2.41 bits per heavy atom. The number of carbonyl (C=O) groups is 2. The highest BCUT2D eigenvalue weighted by Gasteiger charge is 2.21. The predicted molar refractivity (Wildman–Crippen MR) is 150 cm³/mol. The van der Waals surface area contributed by atoms with Crippen molar-refractivity contribution in [3.63, 3.8) is 0 Å². The average molecular weight is 527 g/mol. The monoisotopic (exact) mass is 526 g/mol. The Morgan fingerprint density at radius 1 is 0.949 bits per heavy atom. The number of methoxy groups -OCH3 is 3. The van der Waals surface area contributed by atoms with Crippen molar-refractivity contribution in [3.8, 4) is 34.2 Å². The molecule has 3 aromatic carbocycles. The molecule has 0 fully saturated rings. The molecule has 2 amide bonds. The first kappa shape index (κ1) is 27.0. The molecule has 0 unspecified atom stereocenters. The largest absolute Gasteiger partial charge is 0.497 e. The molecule has 0 radical (unpaired) electrons. The van der Waals surface area contributed by atoms with Crippen LogP contribution in [0.4, 0.5) is 5.95 Å². The Kier molecular flexibility index (Phi) is 8.63. The smallest absolute Gasteiger partial charge is 0.254 e. The van der Waals surface area contributed by atoms with Gasteiger partial charge in [-0.2, -0.15) is 0 Å². The second kappa shape index (κ2) is 12.5. The third-order valence-electron chi connectivity index (χ3n) is 5.96. The van der Waals surface area contributed by atoms with Crippen LogP contribution in [0.3, 0.4) is 0 Å². The van der Waals surface area contributed by atoms with Gasteiger partial charge in [0.25, 0.3) is 5.91 Å². The minimum absolute atomic E-state index is 0.183. The number of amides is 2. The van der Waals surface area contributed by atoms with Crippen LogP contribution in [0.1, 0.15) is 10.4 Å². The molecule has 9 heteroatoms. The normalized spacial score (nSPS) is 10.4. The molecule has 1 heterocycles. The molecule has 4 rings (SSSR count). The molecule has 0 aliphatic heterocycles. The van der Waals surface area contributed by atoms with Gasteiger partial charge >= 0.3 is 0 Å². The molecule has 0 bridgehead atoms. The van der Waals surface area contributed by atoms with Crippen LogP contribution in [0.15, 0.2) is 91.6 Å². The van der Waals surface area contributed by atoms with Gasteiger partial charge in [-0.05, 0) is 30.3 Å². The molecule has 39 heavy (non-hydrogen) atoms. The summed E-state index contributed by atoms with van der Waals surface area (Å²) >= 11 is 0. The van der Waals surface area contributed by atoms with Gasteiger partial charge in [0, 0.05) is 29.9 Å². The molecule has 200 valence electrons. The van der Waals surface area contributed by atoms with Crippen molar-refractivity contribution < 1.29 is 23.8 Å². The van der Waals surface area contributed by atoms with Crippen LogP contribution in [0.5, 0.6) is 17.2 Å². The molecule has 0 saturated carbocycles. The number of nitrogens with zero attached hydrogens (tertiary/aromatic N) is 3. The maximum Gasteiger partial charge on any atom is 0.254 e. The lowest BCUT2D eigenvalue weighted by Crippen LogP contribution is -2.38. The Morgan fingerprint density at radius 2 is 1.72 bits per heavy atom. The maximum absolute atomic E-state index is 13.2. The van der Waals surface area contributed by atoms with Crippen molar-refractivity contribution >= 4 is 17.8 Å². The van der Waals surface area contributed by atoms with Gasteiger partial charge in [0.15, 0.2) is 11.5 Å². The first-order valence-corrected chi connectivity index (χ1v) is 12.2. The van der Waals surface area contributed by atoms with E-state index in [1.54, 1.807) is 61.3 Å². The van der Waals surface area contributed by atoms with Crippen LogP contribution in [-0.2, 0) is 4.79 Å². The van der Waals surface area contributed by atoms with Crippen LogP contribution in [0, 0.1) is 0 Å². The van der Waals surface area contributed by atoms with Crippen LogP contribution in [0.2, 0.25) is 0 Å². The SMILES string of the molecule is C=CCN(CC(=O)Nc1nc(-c2ccccc2)cn1-c1ccc(OC)c(OC)c1)C(=O)c1cccc(OC)c1. The van der Waals surface area contributed by atoms with Gasteiger partial charge < -0.3 is 19.1 Å². The molecule has 1 N–H and O–H groups in total. The predicted octanol–water partition coefficient (Wildman–Crippen LogP) is 4.83. The Bertz CT molecular complexity index is 1470. The summed E-state index contributed by atoms with van der Waals surface area (Å²) in [6.07, 6.45) is 3.40. The van der Waals surface area contributed by atoms with Crippen molar-refractivity contribution in [2.24, 2.45) is 0 Å². The quantitative estimate of drug-likeness (QED) is 0.281. The summed E-state index contributed by atoms with van der Waals surface area (Å²) in [5.74, 6) is 1.21. The third kappa shape index (κ3) is 6.27. The van der Waals surface area contributed by atoms with Crippen LogP contribution < -0.4 is 19.5 Å². The molecular weight excluding hydrogens is 496 g/mol. The average Bonchev–Trinajstić information content (AvgIpc) is 3.40. The number of hydrogen-bond acceptors (Lipinski definition) is 6. The highest BCUT2D eigenvalue weighted by Crippen LogP contribution is 2.31. The molecule has 1 aromatic heterocycles. The van der Waals surface area contributed by atoms with E-state index in [-0.39, 0.29) is 19.0 Å². The fourth-order valence-corrected chi connectivity index (χ4v) is 4.04. The lowest BCUT2D eigenvalue weighted by Gasteiger charge is -2.21. The fourth-order valence-electron chi connectivity index (χ4n) is 4.04.